The molecule has 0 spiro atoms. The fourth-order valence-electron chi connectivity index (χ4n) is 2.09. The van der Waals surface area contributed by atoms with E-state index in [0.29, 0.717) is 6.61 Å². The summed E-state index contributed by atoms with van der Waals surface area (Å²) in [6.07, 6.45) is 1.09. The van der Waals surface area contributed by atoms with E-state index in [2.05, 4.69) is 13.8 Å². The second-order valence-corrected chi connectivity index (χ2v) is 5.15. The Balaban J connectivity index is 2.09. The number of para-hydroxylation sites is 2. The van der Waals surface area contributed by atoms with Gasteiger partial charge in [-0.2, -0.15) is 0 Å². The minimum atomic E-state index is 0.0410. The first kappa shape index (κ1) is 12.2. The highest BCUT2D eigenvalue weighted by atomic mass is 16.5. The van der Waals surface area contributed by atoms with E-state index >= 15 is 0 Å². The van der Waals surface area contributed by atoms with Gasteiger partial charge in [0.05, 0.1) is 6.61 Å². The molecule has 0 aliphatic heterocycles. The third-order valence-electron chi connectivity index (χ3n) is 3.67. The van der Waals surface area contributed by atoms with Gasteiger partial charge in [-0.1, -0.05) is 26.0 Å². The first-order valence-corrected chi connectivity index (χ1v) is 6.19. The molecule has 2 atom stereocenters. The third kappa shape index (κ3) is 2.25. The average molecular weight is 235 g/mol. The number of hydrogen-bond acceptors (Lipinski definition) is 3. The highest BCUT2D eigenvalue weighted by Gasteiger charge is 2.48. The Kier molecular flexibility index (Phi) is 3.29. The van der Waals surface area contributed by atoms with Crippen molar-refractivity contribution in [3.63, 3.8) is 0 Å². The van der Waals surface area contributed by atoms with E-state index in [4.69, 9.17) is 15.2 Å². The summed E-state index contributed by atoms with van der Waals surface area (Å²) < 4.78 is 11.6. The molecule has 17 heavy (non-hydrogen) atoms. The summed E-state index contributed by atoms with van der Waals surface area (Å²) in [5, 5.41) is 0. The van der Waals surface area contributed by atoms with E-state index in [9.17, 15) is 0 Å². The second-order valence-electron chi connectivity index (χ2n) is 5.15. The van der Waals surface area contributed by atoms with Crippen LogP contribution in [0.15, 0.2) is 24.3 Å². The van der Waals surface area contributed by atoms with E-state index < -0.39 is 0 Å². The van der Waals surface area contributed by atoms with Crippen molar-refractivity contribution < 1.29 is 9.47 Å². The van der Waals surface area contributed by atoms with Gasteiger partial charge in [-0.25, -0.2) is 0 Å². The van der Waals surface area contributed by atoms with Crippen LogP contribution < -0.4 is 15.2 Å². The van der Waals surface area contributed by atoms with Crippen molar-refractivity contribution in [1.82, 2.24) is 0 Å². The van der Waals surface area contributed by atoms with Crippen molar-refractivity contribution in [3.8, 4) is 11.5 Å². The van der Waals surface area contributed by atoms with Crippen molar-refractivity contribution >= 4 is 0 Å². The predicted molar refractivity (Wildman–Crippen MR) is 68.4 cm³/mol. The standard InChI is InChI=1S/C14H21NO2/c1-4-16-10-7-5-6-8-11(10)17-13-9-12(15)14(13,2)3/h5-8,12-13H,4,9,15H2,1-3H3. The highest BCUT2D eigenvalue weighted by Crippen LogP contribution is 2.43. The molecule has 1 fully saturated rings. The van der Waals surface area contributed by atoms with E-state index in [1.54, 1.807) is 0 Å². The number of rotatable bonds is 4. The minimum absolute atomic E-state index is 0.0410. The van der Waals surface area contributed by atoms with Crippen molar-refractivity contribution in [2.45, 2.75) is 39.3 Å². The fraction of sp³-hybridized carbons (Fsp3) is 0.571. The maximum absolute atomic E-state index is 6.01. The zero-order valence-electron chi connectivity index (χ0n) is 10.8. The highest BCUT2D eigenvalue weighted by molar-refractivity contribution is 5.40. The lowest BCUT2D eigenvalue weighted by Crippen LogP contribution is -2.60. The van der Waals surface area contributed by atoms with Gasteiger partial charge in [0.1, 0.15) is 6.10 Å². The normalized spacial score (nSPS) is 26.1. The van der Waals surface area contributed by atoms with Crippen LogP contribution in [0, 0.1) is 5.41 Å². The van der Waals surface area contributed by atoms with Crippen molar-refractivity contribution in [2.24, 2.45) is 11.1 Å². The molecule has 0 bridgehead atoms. The Bertz CT molecular complexity index is 390. The largest absolute Gasteiger partial charge is 0.490 e. The Hall–Kier alpha value is -1.22. The smallest absolute Gasteiger partial charge is 0.161 e. The molecule has 1 aromatic rings. The molecule has 94 valence electrons. The Morgan fingerprint density at radius 3 is 2.47 bits per heavy atom. The summed E-state index contributed by atoms with van der Waals surface area (Å²) in [7, 11) is 0. The number of nitrogens with two attached hydrogens (primary N) is 1. The van der Waals surface area contributed by atoms with Gasteiger partial charge in [0.25, 0.3) is 0 Å². The molecule has 1 aromatic carbocycles. The molecule has 1 aliphatic rings. The van der Waals surface area contributed by atoms with Gasteiger partial charge >= 0.3 is 0 Å². The zero-order valence-corrected chi connectivity index (χ0v) is 10.8. The van der Waals surface area contributed by atoms with Crippen molar-refractivity contribution in [1.29, 1.82) is 0 Å². The van der Waals surface area contributed by atoms with Crippen LogP contribution in [0.1, 0.15) is 27.2 Å². The van der Waals surface area contributed by atoms with Crippen LogP contribution in [0.2, 0.25) is 0 Å². The molecule has 3 nitrogen and oxygen atoms in total. The number of ether oxygens (including phenoxy) is 2. The molecule has 0 radical (unpaired) electrons. The lowest BCUT2D eigenvalue weighted by atomic mass is 9.65. The van der Waals surface area contributed by atoms with E-state index in [0.717, 1.165) is 17.9 Å². The van der Waals surface area contributed by atoms with Gasteiger partial charge in [-0.05, 0) is 19.1 Å². The SMILES string of the molecule is CCOc1ccccc1OC1CC(N)C1(C)C. The molecule has 2 N–H and O–H groups in total. The molecule has 1 saturated carbocycles. The summed E-state index contributed by atoms with van der Waals surface area (Å²) in [6, 6.07) is 8.03. The minimum Gasteiger partial charge on any atom is -0.490 e. The predicted octanol–water partition coefficient (Wildman–Crippen LogP) is 2.59. The molecule has 0 saturated heterocycles. The molecule has 3 heteroatoms. The molecule has 0 heterocycles. The van der Waals surface area contributed by atoms with Crippen LogP contribution in [-0.2, 0) is 0 Å². The average Bonchev–Trinajstić information content (AvgIpc) is 2.31. The molecule has 0 amide bonds. The summed E-state index contributed by atoms with van der Waals surface area (Å²) in [5.74, 6) is 1.63. The summed E-state index contributed by atoms with van der Waals surface area (Å²) in [5.41, 5.74) is 6.03. The van der Waals surface area contributed by atoms with Gasteiger partial charge in [0, 0.05) is 17.9 Å². The van der Waals surface area contributed by atoms with Crippen LogP contribution in [-0.4, -0.2) is 18.8 Å². The van der Waals surface area contributed by atoms with E-state index in [1.165, 1.54) is 0 Å². The summed E-state index contributed by atoms with van der Waals surface area (Å²) in [4.78, 5) is 0. The lowest BCUT2D eigenvalue weighted by Gasteiger charge is -2.49. The first-order valence-electron chi connectivity index (χ1n) is 6.19. The number of benzene rings is 1. The second kappa shape index (κ2) is 4.57. The van der Waals surface area contributed by atoms with Gasteiger partial charge in [0.15, 0.2) is 11.5 Å². The first-order chi connectivity index (χ1) is 8.05. The monoisotopic (exact) mass is 235 g/mol. The van der Waals surface area contributed by atoms with Crippen LogP contribution in [0.4, 0.5) is 0 Å². The molecular weight excluding hydrogens is 214 g/mol. The molecule has 1 aliphatic carbocycles. The van der Waals surface area contributed by atoms with Crippen LogP contribution >= 0.6 is 0 Å². The maximum atomic E-state index is 6.01. The lowest BCUT2D eigenvalue weighted by molar-refractivity contribution is -0.0412. The Morgan fingerprint density at radius 1 is 1.29 bits per heavy atom. The summed E-state index contributed by atoms with van der Waals surface area (Å²) in [6.45, 7) is 6.91. The third-order valence-corrected chi connectivity index (χ3v) is 3.67. The Morgan fingerprint density at radius 2 is 1.94 bits per heavy atom. The quantitative estimate of drug-likeness (QED) is 0.872. The Labute approximate surface area is 103 Å². The topological polar surface area (TPSA) is 44.5 Å². The molecule has 0 aromatic heterocycles. The maximum Gasteiger partial charge on any atom is 0.161 e. The molecular formula is C14H21NO2. The van der Waals surface area contributed by atoms with Crippen molar-refractivity contribution in [2.75, 3.05) is 6.61 Å². The fourth-order valence-corrected chi connectivity index (χ4v) is 2.09. The molecule has 2 unspecified atom stereocenters. The zero-order chi connectivity index (χ0) is 12.5. The van der Waals surface area contributed by atoms with Gasteiger partial charge in [-0.15, -0.1) is 0 Å². The van der Waals surface area contributed by atoms with Gasteiger partial charge in [-0.3, -0.25) is 0 Å². The van der Waals surface area contributed by atoms with Crippen LogP contribution in [0.5, 0.6) is 11.5 Å². The van der Waals surface area contributed by atoms with Gasteiger partial charge < -0.3 is 15.2 Å². The van der Waals surface area contributed by atoms with Crippen LogP contribution in [0.3, 0.4) is 0 Å². The van der Waals surface area contributed by atoms with Crippen molar-refractivity contribution in [3.05, 3.63) is 24.3 Å². The molecule has 2 rings (SSSR count). The van der Waals surface area contributed by atoms with E-state index in [1.807, 2.05) is 31.2 Å². The number of hydrogen-bond donors (Lipinski definition) is 1. The van der Waals surface area contributed by atoms with Crippen LogP contribution in [0.25, 0.3) is 0 Å². The van der Waals surface area contributed by atoms with Gasteiger partial charge in [0.2, 0.25) is 0 Å². The van der Waals surface area contributed by atoms with E-state index in [-0.39, 0.29) is 17.6 Å². The summed E-state index contributed by atoms with van der Waals surface area (Å²) >= 11 is 0.